The van der Waals surface area contributed by atoms with E-state index in [0.717, 1.165) is 12.1 Å². The summed E-state index contributed by atoms with van der Waals surface area (Å²) in [6.07, 6.45) is -4.68. The van der Waals surface area contributed by atoms with Crippen LogP contribution in [0.2, 0.25) is 5.02 Å². The fourth-order valence-corrected chi connectivity index (χ4v) is 4.20. The molecule has 0 bridgehead atoms. The topological polar surface area (TPSA) is 94.1 Å². The molecule has 0 spiro atoms. The number of carboxylic acids is 1. The molecule has 0 fully saturated rings. The van der Waals surface area contributed by atoms with E-state index in [0.29, 0.717) is 34.6 Å². The number of nitrogens with one attached hydrogen (secondary N) is 1. The maximum absolute atomic E-state index is 12.8. The van der Waals surface area contributed by atoms with E-state index in [1.165, 1.54) is 43.5 Å². The molecule has 1 aliphatic rings. The van der Waals surface area contributed by atoms with Crippen LogP contribution in [0.4, 0.5) is 13.2 Å². The van der Waals surface area contributed by atoms with Crippen LogP contribution in [0, 0.1) is 0 Å². The van der Waals surface area contributed by atoms with Gasteiger partial charge in [0.2, 0.25) is 0 Å². The van der Waals surface area contributed by atoms with E-state index in [1.807, 2.05) is 0 Å². The van der Waals surface area contributed by atoms with Crippen LogP contribution in [0.1, 0.15) is 39.4 Å². The van der Waals surface area contributed by atoms with Gasteiger partial charge in [0.25, 0.3) is 5.91 Å². The Morgan fingerprint density at radius 3 is 2.42 bits per heavy atom. The van der Waals surface area contributed by atoms with Crippen LogP contribution in [0.25, 0.3) is 0 Å². The van der Waals surface area contributed by atoms with Gasteiger partial charge in [0.15, 0.2) is 0 Å². The summed E-state index contributed by atoms with van der Waals surface area (Å²) in [6, 6.07) is 13.9. The molecule has 1 amide bonds. The van der Waals surface area contributed by atoms with Crippen LogP contribution in [0.3, 0.4) is 0 Å². The lowest BCUT2D eigenvalue weighted by atomic mass is 9.93. The Morgan fingerprint density at radius 2 is 1.82 bits per heavy atom. The molecule has 2 unspecified atom stereocenters. The molecular formula is C27H23ClF3NO6. The number of alkyl halides is 3. The Kier molecular flexibility index (Phi) is 8.13. The standard InChI is InChI=1S/C27H23ClF3NO6/c1-36-24(12-15-2-6-17(7-3-15)27(29,30)31)32-25(33)16-4-8-18(9-5-16)38-23-14-22-20(13-21(23)28)19(26(34)35)10-11-37-22/h2-9,13-14,19,24H,10-12H2,1H3,(H,32,33)(H,34,35). The highest BCUT2D eigenvalue weighted by Gasteiger charge is 2.30. The van der Waals surface area contributed by atoms with Crippen LogP contribution in [0.15, 0.2) is 60.7 Å². The first-order valence-electron chi connectivity index (χ1n) is 11.5. The highest BCUT2D eigenvalue weighted by atomic mass is 35.5. The molecule has 0 aliphatic carbocycles. The van der Waals surface area contributed by atoms with E-state index in [9.17, 15) is 27.9 Å². The molecule has 2 N–H and O–H groups in total. The number of carbonyl (C=O) groups is 2. The van der Waals surface area contributed by atoms with E-state index in [4.69, 9.17) is 25.8 Å². The van der Waals surface area contributed by atoms with Gasteiger partial charge in [-0.05, 0) is 54.4 Å². The first-order chi connectivity index (χ1) is 18.0. The zero-order valence-electron chi connectivity index (χ0n) is 20.0. The van der Waals surface area contributed by atoms with Crippen LogP contribution in [0.5, 0.6) is 17.2 Å². The minimum atomic E-state index is -4.42. The van der Waals surface area contributed by atoms with Gasteiger partial charge in [0.05, 0.1) is 23.1 Å². The second-order valence-electron chi connectivity index (χ2n) is 8.57. The summed E-state index contributed by atoms with van der Waals surface area (Å²) in [5.41, 5.74) is 0.595. The van der Waals surface area contributed by atoms with Crippen LogP contribution >= 0.6 is 11.6 Å². The van der Waals surface area contributed by atoms with Crippen molar-refractivity contribution in [1.82, 2.24) is 5.32 Å². The second-order valence-corrected chi connectivity index (χ2v) is 8.98. The third-order valence-electron chi connectivity index (χ3n) is 6.03. The van der Waals surface area contributed by atoms with Crippen molar-refractivity contribution in [2.45, 2.75) is 31.2 Å². The summed E-state index contributed by atoms with van der Waals surface area (Å²) < 4.78 is 55.0. The predicted octanol–water partition coefficient (Wildman–Crippen LogP) is 6.05. The molecule has 1 aliphatic heterocycles. The summed E-state index contributed by atoms with van der Waals surface area (Å²) >= 11 is 6.33. The number of hydrogen-bond acceptors (Lipinski definition) is 5. The number of methoxy groups -OCH3 is 1. The van der Waals surface area contributed by atoms with Crippen molar-refractivity contribution < 1.29 is 42.1 Å². The number of carboxylic acid groups (broad SMARTS) is 1. The van der Waals surface area contributed by atoms with Crippen LogP contribution in [-0.2, 0) is 22.1 Å². The molecule has 3 aromatic carbocycles. The van der Waals surface area contributed by atoms with Crippen LogP contribution < -0.4 is 14.8 Å². The monoisotopic (exact) mass is 549 g/mol. The molecule has 11 heteroatoms. The Morgan fingerprint density at radius 1 is 1.13 bits per heavy atom. The largest absolute Gasteiger partial charge is 0.493 e. The summed E-state index contributed by atoms with van der Waals surface area (Å²) in [7, 11) is 1.39. The number of fused-ring (bicyclic) bond motifs is 1. The Hall–Kier alpha value is -3.76. The molecule has 2 atom stereocenters. The number of ether oxygens (including phenoxy) is 3. The predicted molar refractivity (Wildman–Crippen MR) is 132 cm³/mol. The van der Waals surface area contributed by atoms with Crippen molar-refractivity contribution in [2.75, 3.05) is 13.7 Å². The lowest BCUT2D eigenvalue weighted by molar-refractivity contribution is -0.139. The minimum Gasteiger partial charge on any atom is -0.493 e. The summed E-state index contributed by atoms with van der Waals surface area (Å²) in [6.45, 7) is 0.260. The van der Waals surface area contributed by atoms with E-state index in [2.05, 4.69) is 5.32 Å². The van der Waals surface area contributed by atoms with E-state index in [1.54, 1.807) is 12.1 Å². The highest BCUT2D eigenvalue weighted by Crippen LogP contribution is 2.41. The van der Waals surface area contributed by atoms with Gasteiger partial charge >= 0.3 is 12.1 Å². The smallest absolute Gasteiger partial charge is 0.416 e. The van der Waals surface area contributed by atoms with E-state index < -0.39 is 35.8 Å². The zero-order chi connectivity index (χ0) is 27.4. The van der Waals surface area contributed by atoms with Crippen molar-refractivity contribution >= 4 is 23.5 Å². The zero-order valence-corrected chi connectivity index (χ0v) is 20.8. The fourth-order valence-electron chi connectivity index (χ4n) is 3.99. The molecule has 7 nitrogen and oxygen atoms in total. The molecule has 0 aromatic heterocycles. The van der Waals surface area contributed by atoms with Crippen molar-refractivity contribution in [2.24, 2.45) is 0 Å². The van der Waals surface area contributed by atoms with E-state index >= 15 is 0 Å². The van der Waals surface area contributed by atoms with Crippen LogP contribution in [-0.4, -0.2) is 36.9 Å². The van der Waals surface area contributed by atoms with Gasteiger partial charge in [0, 0.05) is 30.7 Å². The lowest BCUT2D eigenvalue weighted by Gasteiger charge is -2.24. The van der Waals surface area contributed by atoms with Crippen molar-refractivity contribution in [3.05, 3.63) is 87.9 Å². The highest BCUT2D eigenvalue weighted by molar-refractivity contribution is 6.32. The normalized spacial score (nSPS) is 15.7. The molecule has 0 saturated carbocycles. The van der Waals surface area contributed by atoms with Gasteiger partial charge in [-0.1, -0.05) is 23.7 Å². The molecule has 3 aromatic rings. The SMILES string of the molecule is COC(Cc1ccc(C(F)(F)F)cc1)NC(=O)c1ccc(Oc2cc3c(cc2Cl)C(C(=O)O)CCO3)cc1. The molecule has 0 saturated heterocycles. The summed E-state index contributed by atoms with van der Waals surface area (Å²) in [4.78, 5) is 24.2. The Labute approximate surface area is 221 Å². The Bertz CT molecular complexity index is 1310. The van der Waals surface area contributed by atoms with Gasteiger partial charge in [0.1, 0.15) is 23.5 Å². The van der Waals surface area contributed by atoms with Gasteiger partial charge in [-0.3, -0.25) is 9.59 Å². The number of hydrogen-bond donors (Lipinski definition) is 2. The molecule has 38 heavy (non-hydrogen) atoms. The summed E-state index contributed by atoms with van der Waals surface area (Å²) in [5.74, 6) is -1.08. The maximum Gasteiger partial charge on any atom is 0.416 e. The third-order valence-corrected chi connectivity index (χ3v) is 6.32. The number of halogens is 4. The fraction of sp³-hybridized carbons (Fsp3) is 0.259. The van der Waals surface area contributed by atoms with Crippen molar-refractivity contribution in [1.29, 1.82) is 0 Å². The lowest BCUT2D eigenvalue weighted by Crippen LogP contribution is -2.37. The van der Waals surface area contributed by atoms with Gasteiger partial charge in [-0.25, -0.2) is 0 Å². The van der Waals surface area contributed by atoms with Gasteiger partial charge in [-0.2, -0.15) is 13.2 Å². The first-order valence-corrected chi connectivity index (χ1v) is 11.9. The number of benzene rings is 3. The van der Waals surface area contributed by atoms with Crippen molar-refractivity contribution in [3.8, 4) is 17.2 Å². The quantitative estimate of drug-likeness (QED) is 0.332. The molecule has 1 heterocycles. The molecule has 0 radical (unpaired) electrons. The van der Waals surface area contributed by atoms with E-state index in [-0.39, 0.29) is 23.8 Å². The summed E-state index contributed by atoms with van der Waals surface area (Å²) in [5, 5.41) is 12.3. The average molecular weight is 550 g/mol. The number of aliphatic carboxylic acids is 1. The van der Waals surface area contributed by atoms with Crippen molar-refractivity contribution in [3.63, 3.8) is 0 Å². The number of carbonyl (C=O) groups excluding carboxylic acids is 1. The molecule has 200 valence electrons. The minimum absolute atomic E-state index is 0.170. The average Bonchev–Trinajstić information content (AvgIpc) is 2.88. The number of amides is 1. The Balaban J connectivity index is 1.39. The maximum atomic E-state index is 12.8. The molecule has 4 rings (SSSR count). The third kappa shape index (κ3) is 6.38. The van der Waals surface area contributed by atoms with Gasteiger partial charge in [-0.15, -0.1) is 0 Å². The second kappa shape index (κ2) is 11.3. The van der Waals surface area contributed by atoms with Gasteiger partial charge < -0.3 is 24.6 Å². The first kappa shape index (κ1) is 27.3. The molecular weight excluding hydrogens is 527 g/mol. The number of rotatable bonds is 8.